The molecule has 3 aromatic rings. The van der Waals surface area contributed by atoms with Crippen molar-refractivity contribution in [2.24, 2.45) is 0 Å². The van der Waals surface area contributed by atoms with Crippen LogP contribution < -0.4 is 10.2 Å². The van der Waals surface area contributed by atoms with Crippen LogP contribution in [0.2, 0.25) is 0 Å². The Morgan fingerprint density at radius 1 is 1.07 bits per heavy atom. The van der Waals surface area contributed by atoms with Crippen LogP contribution in [0.5, 0.6) is 0 Å². The van der Waals surface area contributed by atoms with Gasteiger partial charge in [0.05, 0.1) is 18.2 Å². The molecule has 30 heavy (non-hydrogen) atoms. The molecule has 1 atom stereocenters. The largest absolute Gasteiger partial charge is 0.481 e. The molecular formula is C22H23N5O3. The number of aromatic nitrogens is 3. The fraction of sp³-hybridized carbons (Fsp3) is 0.227. The number of hydrogen-bond donors (Lipinski definition) is 2. The van der Waals surface area contributed by atoms with E-state index in [2.05, 4.69) is 20.3 Å². The summed E-state index contributed by atoms with van der Waals surface area (Å²) in [5, 5.41) is 12.1. The molecule has 1 amide bonds. The molecule has 1 aromatic carbocycles. The van der Waals surface area contributed by atoms with Gasteiger partial charge in [-0.2, -0.15) is 0 Å². The zero-order valence-electron chi connectivity index (χ0n) is 17.0. The highest BCUT2D eigenvalue weighted by Gasteiger charge is 2.21. The molecule has 2 heterocycles. The third-order valence-corrected chi connectivity index (χ3v) is 4.56. The van der Waals surface area contributed by atoms with E-state index in [-0.39, 0.29) is 12.1 Å². The first kappa shape index (κ1) is 20.9. The lowest BCUT2D eigenvalue weighted by Gasteiger charge is -2.19. The van der Waals surface area contributed by atoms with Crippen LogP contribution in [-0.2, 0) is 4.79 Å². The molecule has 0 aliphatic rings. The highest BCUT2D eigenvalue weighted by Crippen LogP contribution is 2.22. The van der Waals surface area contributed by atoms with Gasteiger partial charge in [-0.15, -0.1) is 0 Å². The zero-order valence-corrected chi connectivity index (χ0v) is 17.0. The van der Waals surface area contributed by atoms with Crippen molar-refractivity contribution in [3.63, 3.8) is 0 Å². The monoisotopic (exact) mass is 405 g/mol. The average molecular weight is 405 g/mol. The van der Waals surface area contributed by atoms with Gasteiger partial charge in [0.15, 0.2) is 0 Å². The molecule has 0 fully saturated rings. The van der Waals surface area contributed by atoms with Crippen molar-refractivity contribution in [3.8, 4) is 11.3 Å². The molecule has 8 heteroatoms. The Kier molecular flexibility index (Phi) is 6.36. The van der Waals surface area contributed by atoms with E-state index in [1.807, 2.05) is 45.3 Å². The minimum Gasteiger partial charge on any atom is -0.481 e. The average Bonchev–Trinajstić information content (AvgIpc) is 2.73. The van der Waals surface area contributed by atoms with E-state index < -0.39 is 17.9 Å². The topological polar surface area (TPSA) is 108 Å². The summed E-state index contributed by atoms with van der Waals surface area (Å²) in [5.41, 5.74) is 3.09. The van der Waals surface area contributed by atoms with Crippen LogP contribution in [0.1, 0.15) is 34.1 Å². The molecular weight excluding hydrogens is 382 g/mol. The molecule has 0 bridgehead atoms. The minimum absolute atomic E-state index is 0.188. The van der Waals surface area contributed by atoms with E-state index in [9.17, 15) is 14.7 Å². The summed E-state index contributed by atoms with van der Waals surface area (Å²) in [4.78, 5) is 38.9. The van der Waals surface area contributed by atoms with Gasteiger partial charge >= 0.3 is 5.97 Å². The molecule has 0 spiro atoms. The molecule has 154 valence electrons. The molecule has 0 radical (unpaired) electrons. The number of carbonyl (C=O) groups excluding carboxylic acids is 1. The maximum atomic E-state index is 12.8. The van der Waals surface area contributed by atoms with E-state index in [0.717, 1.165) is 11.1 Å². The number of rotatable bonds is 7. The molecule has 0 aliphatic carbocycles. The van der Waals surface area contributed by atoms with E-state index in [1.165, 1.54) is 0 Å². The van der Waals surface area contributed by atoms with Crippen LogP contribution in [-0.4, -0.2) is 46.0 Å². The van der Waals surface area contributed by atoms with E-state index in [0.29, 0.717) is 17.2 Å². The van der Waals surface area contributed by atoms with Gasteiger partial charge in [-0.05, 0) is 30.2 Å². The predicted molar refractivity (Wildman–Crippen MR) is 113 cm³/mol. The molecule has 2 N–H and O–H groups in total. The van der Waals surface area contributed by atoms with Gasteiger partial charge in [-0.25, -0.2) is 15.0 Å². The van der Waals surface area contributed by atoms with E-state index in [4.69, 9.17) is 0 Å². The second kappa shape index (κ2) is 9.13. The summed E-state index contributed by atoms with van der Waals surface area (Å²) in [7, 11) is 3.69. The number of pyridine rings is 1. The fourth-order valence-corrected chi connectivity index (χ4v) is 3.03. The van der Waals surface area contributed by atoms with Crippen LogP contribution in [0.15, 0.2) is 54.9 Å². The predicted octanol–water partition coefficient (Wildman–Crippen LogP) is 2.86. The fourth-order valence-electron chi connectivity index (χ4n) is 3.03. The smallest absolute Gasteiger partial charge is 0.305 e. The lowest BCUT2D eigenvalue weighted by molar-refractivity contribution is -0.137. The van der Waals surface area contributed by atoms with Gasteiger partial charge in [0, 0.05) is 32.1 Å². The summed E-state index contributed by atoms with van der Waals surface area (Å²) in [6, 6.07) is 11.8. The molecule has 3 rings (SSSR count). The number of carbonyl (C=O) groups is 2. The molecule has 8 nitrogen and oxygen atoms in total. The molecule has 0 saturated heterocycles. The number of aryl methyl sites for hydroxylation is 1. The Balaban J connectivity index is 1.84. The number of benzene rings is 1. The van der Waals surface area contributed by atoms with Gasteiger partial charge in [0.2, 0.25) is 5.95 Å². The summed E-state index contributed by atoms with van der Waals surface area (Å²) in [6.45, 7) is 1.88. The number of nitrogens with one attached hydrogen (secondary N) is 1. The SMILES string of the molecule is Cc1ccccc1[C@H](CC(=O)O)NC(=O)c1cccc(-c2cnc(N(C)C)nc2)n1. The summed E-state index contributed by atoms with van der Waals surface area (Å²) in [5.74, 6) is -0.872. The first-order chi connectivity index (χ1) is 14.3. The standard InChI is InChI=1S/C22H23N5O3/c1-14-7-4-5-8-16(14)19(11-20(28)29)26-21(30)18-10-6-9-17(25-18)15-12-23-22(24-13-15)27(2)3/h4-10,12-13,19H,11H2,1-3H3,(H,26,30)(H,28,29)/t19-/m0/s1. The Bertz CT molecular complexity index is 1050. The van der Waals surface area contributed by atoms with Gasteiger partial charge in [0.1, 0.15) is 5.69 Å². The van der Waals surface area contributed by atoms with E-state index in [1.54, 1.807) is 35.5 Å². The van der Waals surface area contributed by atoms with Gasteiger partial charge in [-0.3, -0.25) is 9.59 Å². The highest BCUT2D eigenvalue weighted by molar-refractivity contribution is 5.93. The summed E-state index contributed by atoms with van der Waals surface area (Å²) >= 11 is 0. The lowest BCUT2D eigenvalue weighted by atomic mass is 9.98. The van der Waals surface area contributed by atoms with Crippen LogP contribution in [0.25, 0.3) is 11.3 Å². The lowest BCUT2D eigenvalue weighted by Crippen LogP contribution is -2.31. The normalized spacial score (nSPS) is 11.6. The first-order valence-corrected chi connectivity index (χ1v) is 9.40. The van der Waals surface area contributed by atoms with Crippen molar-refractivity contribution in [1.29, 1.82) is 0 Å². The number of aliphatic carboxylic acids is 1. The molecule has 0 aliphatic heterocycles. The first-order valence-electron chi connectivity index (χ1n) is 9.40. The molecule has 2 aromatic heterocycles. The molecule has 0 unspecified atom stereocenters. The third kappa shape index (κ3) is 4.96. The number of carboxylic acid groups (broad SMARTS) is 1. The number of anilines is 1. The maximum absolute atomic E-state index is 12.8. The maximum Gasteiger partial charge on any atom is 0.305 e. The van der Waals surface area contributed by atoms with Crippen LogP contribution in [0.3, 0.4) is 0 Å². The number of amides is 1. The minimum atomic E-state index is -0.997. The Labute approximate surface area is 174 Å². The van der Waals surface area contributed by atoms with Crippen molar-refractivity contribution in [2.75, 3.05) is 19.0 Å². The quantitative estimate of drug-likeness (QED) is 0.622. The highest BCUT2D eigenvalue weighted by atomic mass is 16.4. The van der Waals surface area contributed by atoms with Crippen LogP contribution in [0.4, 0.5) is 5.95 Å². The van der Waals surface area contributed by atoms with Crippen molar-refractivity contribution in [3.05, 3.63) is 71.7 Å². The van der Waals surface area contributed by atoms with Gasteiger partial charge < -0.3 is 15.3 Å². The third-order valence-electron chi connectivity index (χ3n) is 4.56. The number of hydrogen-bond acceptors (Lipinski definition) is 6. The van der Waals surface area contributed by atoms with E-state index >= 15 is 0 Å². The van der Waals surface area contributed by atoms with Crippen molar-refractivity contribution < 1.29 is 14.7 Å². The van der Waals surface area contributed by atoms with Crippen molar-refractivity contribution >= 4 is 17.8 Å². The van der Waals surface area contributed by atoms with Gasteiger partial charge in [-0.1, -0.05) is 30.3 Å². The Morgan fingerprint density at radius 3 is 2.40 bits per heavy atom. The second-order valence-electron chi connectivity index (χ2n) is 7.05. The molecule has 0 saturated carbocycles. The Morgan fingerprint density at radius 2 is 1.77 bits per heavy atom. The van der Waals surface area contributed by atoms with Crippen LogP contribution >= 0.6 is 0 Å². The summed E-state index contributed by atoms with van der Waals surface area (Å²) < 4.78 is 0. The summed E-state index contributed by atoms with van der Waals surface area (Å²) in [6.07, 6.45) is 3.07. The number of nitrogens with zero attached hydrogens (tertiary/aromatic N) is 4. The van der Waals surface area contributed by atoms with Crippen LogP contribution in [0, 0.1) is 6.92 Å². The van der Waals surface area contributed by atoms with Gasteiger partial charge in [0.25, 0.3) is 5.91 Å². The van der Waals surface area contributed by atoms with Crippen molar-refractivity contribution in [1.82, 2.24) is 20.3 Å². The number of carboxylic acids is 1. The Hall–Kier alpha value is -3.81. The van der Waals surface area contributed by atoms with Crippen molar-refractivity contribution in [2.45, 2.75) is 19.4 Å². The zero-order chi connectivity index (χ0) is 21.7. The second-order valence-corrected chi connectivity index (χ2v) is 7.05.